The van der Waals surface area contributed by atoms with Crippen molar-refractivity contribution in [1.82, 2.24) is 5.32 Å². The molecule has 25 heavy (non-hydrogen) atoms. The summed E-state index contributed by atoms with van der Waals surface area (Å²) in [6.07, 6.45) is -3.63. The van der Waals surface area contributed by atoms with Crippen molar-refractivity contribution in [2.24, 2.45) is 0 Å². The standard InChI is InChI=1S/C17H14ClF3N2OS/c1-2-10-3-5-11(6-4-10)15(24)23-16(25)22-14-8-7-12(9-13(14)18)17(19,20)21/h3-9H,2H2,1H3,(H2,22,23,24,25). The fourth-order valence-corrected chi connectivity index (χ4v) is 2.44. The number of halogens is 4. The van der Waals surface area contributed by atoms with Crippen LogP contribution < -0.4 is 10.6 Å². The third-order valence-corrected chi connectivity index (χ3v) is 3.91. The molecule has 2 N–H and O–H groups in total. The molecule has 0 aliphatic carbocycles. The van der Waals surface area contributed by atoms with Gasteiger partial charge in [0.05, 0.1) is 16.3 Å². The molecule has 2 aromatic rings. The van der Waals surface area contributed by atoms with E-state index in [1.807, 2.05) is 19.1 Å². The largest absolute Gasteiger partial charge is 0.416 e. The predicted octanol–water partition coefficient (Wildman–Crippen LogP) is 5.05. The van der Waals surface area contributed by atoms with Crippen LogP contribution in [0.15, 0.2) is 42.5 Å². The maximum Gasteiger partial charge on any atom is 0.416 e. The first-order chi connectivity index (χ1) is 11.7. The number of carbonyl (C=O) groups is 1. The van der Waals surface area contributed by atoms with E-state index < -0.39 is 17.6 Å². The Morgan fingerprint density at radius 3 is 2.32 bits per heavy atom. The minimum absolute atomic E-state index is 0.0637. The van der Waals surface area contributed by atoms with Gasteiger partial charge in [-0.05, 0) is 54.5 Å². The van der Waals surface area contributed by atoms with E-state index in [4.69, 9.17) is 23.8 Å². The normalized spacial score (nSPS) is 11.1. The number of nitrogens with one attached hydrogen (secondary N) is 2. The number of aryl methyl sites for hydroxylation is 1. The lowest BCUT2D eigenvalue weighted by Gasteiger charge is -2.13. The molecule has 3 nitrogen and oxygen atoms in total. The van der Waals surface area contributed by atoms with Crippen LogP contribution in [0.4, 0.5) is 18.9 Å². The number of alkyl halides is 3. The minimum atomic E-state index is -4.48. The Bertz CT molecular complexity index is 791. The molecule has 0 aliphatic heterocycles. The van der Waals surface area contributed by atoms with E-state index in [1.165, 1.54) is 0 Å². The summed E-state index contributed by atoms with van der Waals surface area (Å²) in [5, 5.41) is 4.85. The molecule has 0 heterocycles. The van der Waals surface area contributed by atoms with Gasteiger partial charge in [0.2, 0.25) is 0 Å². The fraction of sp³-hybridized carbons (Fsp3) is 0.176. The van der Waals surface area contributed by atoms with E-state index in [1.54, 1.807) is 12.1 Å². The first-order valence-electron chi connectivity index (χ1n) is 7.28. The lowest BCUT2D eigenvalue weighted by molar-refractivity contribution is -0.137. The molecule has 2 aromatic carbocycles. The van der Waals surface area contributed by atoms with Crippen molar-refractivity contribution in [3.8, 4) is 0 Å². The van der Waals surface area contributed by atoms with Crippen LogP contribution in [-0.2, 0) is 12.6 Å². The molecule has 0 aromatic heterocycles. The molecule has 1 amide bonds. The van der Waals surface area contributed by atoms with E-state index in [2.05, 4.69) is 10.6 Å². The molecule has 0 aliphatic rings. The van der Waals surface area contributed by atoms with E-state index in [0.29, 0.717) is 5.56 Å². The summed E-state index contributed by atoms with van der Waals surface area (Å²) in [5.74, 6) is -0.428. The van der Waals surface area contributed by atoms with Crippen molar-refractivity contribution >= 4 is 40.5 Å². The van der Waals surface area contributed by atoms with Gasteiger partial charge >= 0.3 is 6.18 Å². The summed E-state index contributed by atoms with van der Waals surface area (Å²) >= 11 is 10.8. The Morgan fingerprint density at radius 1 is 1.16 bits per heavy atom. The average molecular weight is 387 g/mol. The molecule has 0 radical (unpaired) electrons. The van der Waals surface area contributed by atoms with Crippen LogP contribution in [0.5, 0.6) is 0 Å². The van der Waals surface area contributed by atoms with Crippen LogP contribution in [0.2, 0.25) is 5.02 Å². The lowest BCUT2D eigenvalue weighted by atomic mass is 10.1. The average Bonchev–Trinajstić information content (AvgIpc) is 2.55. The molecule has 0 bridgehead atoms. The molecule has 8 heteroatoms. The molecule has 0 spiro atoms. The van der Waals surface area contributed by atoms with Crippen molar-refractivity contribution in [2.45, 2.75) is 19.5 Å². The Morgan fingerprint density at radius 2 is 1.80 bits per heavy atom. The Hall–Kier alpha value is -2.12. The summed E-state index contributed by atoms with van der Waals surface area (Å²) in [6.45, 7) is 2.00. The van der Waals surface area contributed by atoms with Gasteiger partial charge in [0.15, 0.2) is 5.11 Å². The second kappa shape index (κ2) is 7.84. The number of carbonyl (C=O) groups excluding carboxylic acids is 1. The highest BCUT2D eigenvalue weighted by atomic mass is 35.5. The fourth-order valence-electron chi connectivity index (χ4n) is 2.01. The quantitative estimate of drug-likeness (QED) is 0.725. The Kier molecular flexibility index (Phi) is 6.02. The second-order valence-electron chi connectivity index (χ2n) is 5.15. The lowest BCUT2D eigenvalue weighted by Crippen LogP contribution is -2.34. The van der Waals surface area contributed by atoms with E-state index in [0.717, 1.165) is 30.2 Å². The zero-order valence-corrected chi connectivity index (χ0v) is 14.6. The molecule has 2 rings (SSSR count). The van der Waals surface area contributed by atoms with E-state index in [9.17, 15) is 18.0 Å². The number of rotatable bonds is 3. The van der Waals surface area contributed by atoms with E-state index >= 15 is 0 Å². The van der Waals surface area contributed by atoms with Gasteiger partial charge in [0.25, 0.3) is 5.91 Å². The van der Waals surface area contributed by atoms with Gasteiger partial charge in [-0.2, -0.15) is 13.2 Å². The van der Waals surface area contributed by atoms with Crippen molar-refractivity contribution in [2.75, 3.05) is 5.32 Å². The SMILES string of the molecule is CCc1ccc(C(=O)NC(=S)Nc2ccc(C(F)(F)F)cc2Cl)cc1. The molecule has 0 fully saturated rings. The maximum atomic E-state index is 12.6. The first kappa shape index (κ1) is 19.2. The summed E-state index contributed by atoms with van der Waals surface area (Å²) in [5.41, 5.74) is 0.809. The van der Waals surface area contributed by atoms with Gasteiger partial charge in [-0.1, -0.05) is 30.7 Å². The van der Waals surface area contributed by atoms with Gasteiger partial charge in [0.1, 0.15) is 0 Å². The topological polar surface area (TPSA) is 41.1 Å². The Labute approximate surface area is 153 Å². The van der Waals surface area contributed by atoms with Crippen LogP contribution in [0.1, 0.15) is 28.4 Å². The third kappa shape index (κ3) is 5.17. The molecule has 132 valence electrons. The first-order valence-corrected chi connectivity index (χ1v) is 8.07. The monoisotopic (exact) mass is 386 g/mol. The second-order valence-corrected chi connectivity index (χ2v) is 5.97. The maximum absolute atomic E-state index is 12.6. The zero-order chi connectivity index (χ0) is 18.6. The number of hydrogen-bond donors (Lipinski definition) is 2. The number of benzene rings is 2. The third-order valence-electron chi connectivity index (χ3n) is 3.40. The summed E-state index contributed by atoms with van der Waals surface area (Å²) < 4.78 is 37.8. The smallest absolute Gasteiger partial charge is 0.331 e. The predicted molar refractivity (Wildman–Crippen MR) is 96.0 cm³/mol. The van der Waals surface area contributed by atoms with Crippen LogP contribution >= 0.6 is 23.8 Å². The Balaban J connectivity index is 2.03. The number of amides is 1. The van der Waals surface area contributed by atoms with Crippen LogP contribution in [0.3, 0.4) is 0 Å². The van der Waals surface area contributed by atoms with Gasteiger partial charge in [0, 0.05) is 5.56 Å². The summed E-state index contributed by atoms with van der Waals surface area (Å²) in [6, 6.07) is 9.82. The van der Waals surface area contributed by atoms with Crippen molar-refractivity contribution in [3.05, 3.63) is 64.2 Å². The number of thiocarbonyl (C=S) groups is 1. The van der Waals surface area contributed by atoms with Crippen molar-refractivity contribution in [1.29, 1.82) is 0 Å². The number of anilines is 1. The molecule has 0 unspecified atom stereocenters. The van der Waals surface area contributed by atoms with Crippen molar-refractivity contribution < 1.29 is 18.0 Å². The van der Waals surface area contributed by atoms with Crippen LogP contribution in [-0.4, -0.2) is 11.0 Å². The molecule has 0 saturated heterocycles. The highest BCUT2D eigenvalue weighted by molar-refractivity contribution is 7.80. The number of hydrogen-bond acceptors (Lipinski definition) is 2. The molecule has 0 atom stereocenters. The molecular formula is C17H14ClF3N2OS. The summed E-state index contributed by atoms with van der Waals surface area (Å²) in [7, 11) is 0. The van der Waals surface area contributed by atoms with Gasteiger partial charge in [-0.25, -0.2) is 0 Å². The zero-order valence-electron chi connectivity index (χ0n) is 13.1. The summed E-state index contributed by atoms with van der Waals surface area (Å²) in [4.78, 5) is 12.1. The van der Waals surface area contributed by atoms with Crippen molar-refractivity contribution in [3.63, 3.8) is 0 Å². The molecule has 0 saturated carbocycles. The minimum Gasteiger partial charge on any atom is -0.331 e. The molecular weight excluding hydrogens is 373 g/mol. The highest BCUT2D eigenvalue weighted by Gasteiger charge is 2.30. The van der Waals surface area contributed by atoms with Gasteiger partial charge in [-0.15, -0.1) is 0 Å². The van der Waals surface area contributed by atoms with Crippen LogP contribution in [0, 0.1) is 0 Å². The van der Waals surface area contributed by atoms with Gasteiger partial charge in [-0.3, -0.25) is 10.1 Å². The van der Waals surface area contributed by atoms with E-state index in [-0.39, 0.29) is 15.8 Å². The highest BCUT2D eigenvalue weighted by Crippen LogP contribution is 2.33. The van der Waals surface area contributed by atoms with Gasteiger partial charge < -0.3 is 5.32 Å². The van der Waals surface area contributed by atoms with Crippen LogP contribution in [0.25, 0.3) is 0 Å².